The van der Waals surface area contributed by atoms with Gasteiger partial charge in [0.1, 0.15) is 12.1 Å². The summed E-state index contributed by atoms with van der Waals surface area (Å²) >= 11 is 15.0. The predicted octanol–water partition coefficient (Wildman–Crippen LogP) is 8.04. The zero-order valence-corrected chi connectivity index (χ0v) is 48.3. The molecule has 0 bridgehead atoms. The quantitative estimate of drug-likeness (QED) is 0.0220. The molecule has 2 fully saturated rings. The maximum atomic E-state index is 14.5. The van der Waals surface area contributed by atoms with Gasteiger partial charge in [0.15, 0.2) is 51.7 Å². The molecule has 2 aliphatic heterocycles. The highest BCUT2D eigenvalue weighted by Gasteiger charge is 2.42. The number of allylic oxidation sites excluding steroid dienone is 2. The van der Waals surface area contributed by atoms with E-state index in [-0.39, 0.29) is 59.9 Å². The van der Waals surface area contributed by atoms with Crippen LogP contribution in [0.2, 0.25) is 10.0 Å². The topological polar surface area (TPSA) is 275 Å². The van der Waals surface area contributed by atoms with Gasteiger partial charge in [-0.05, 0) is 95.6 Å². The third-order valence-electron chi connectivity index (χ3n) is 13.6. The minimum atomic E-state index is -3.83. The van der Waals surface area contributed by atoms with Gasteiger partial charge in [-0.2, -0.15) is 4.72 Å². The van der Waals surface area contributed by atoms with Crippen LogP contribution in [0, 0.1) is 35.1 Å². The molecule has 20 nitrogen and oxygen atoms in total. The van der Waals surface area contributed by atoms with Crippen molar-refractivity contribution in [2.24, 2.45) is 21.8 Å². The van der Waals surface area contributed by atoms with E-state index in [9.17, 15) is 53.9 Å². The number of benzene rings is 2. The van der Waals surface area contributed by atoms with Crippen molar-refractivity contribution < 1.29 is 72.8 Å². The van der Waals surface area contributed by atoms with Crippen molar-refractivity contribution >= 4 is 95.7 Å². The Morgan fingerprint density at radius 3 is 1.45 bits per heavy atom. The van der Waals surface area contributed by atoms with E-state index in [1.165, 1.54) is 49.0 Å². The Bertz CT molecular complexity index is 3290. The summed E-state index contributed by atoms with van der Waals surface area (Å²) in [6.07, 6.45) is 5.01. The summed E-state index contributed by atoms with van der Waals surface area (Å²) < 4.78 is 132. The van der Waals surface area contributed by atoms with Gasteiger partial charge >= 0.3 is 18.1 Å². The van der Waals surface area contributed by atoms with Crippen LogP contribution < -0.4 is 20.1 Å². The van der Waals surface area contributed by atoms with Gasteiger partial charge < -0.3 is 34.7 Å². The van der Waals surface area contributed by atoms with Gasteiger partial charge in [-0.15, -0.1) is 22.7 Å². The summed E-state index contributed by atoms with van der Waals surface area (Å²) in [5, 5.41) is 18.3. The van der Waals surface area contributed by atoms with Gasteiger partial charge in [0.25, 0.3) is 0 Å². The Balaban J connectivity index is 0.000000231. The molecule has 5 N–H and O–H groups in total. The maximum Gasteiger partial charge on any atom is 0.509 e. The van der Waals surface area contributed by atoms with E-state index >= 15 is 0 Å². The molecule has 4 aliphatic rings. The molecule has 4 heterocycles. The second-order valence-electron chi connectivity index (χ2n) is 19.2. The van der Waals surface area contributed by atoms with Gasteiger partial charge in [0.2, 0.25) is 20.0 Å². The number of aliphatic hydroxyl groups is 1. The zero-order chi connectivity index (χ0) is 58.3. The number of carbonyl (C=O) groups excluding carboxylic acids is 3. The van der Waals surface area contributed by atoms with Crippen LogP contribution in [0.5, 0.6) is 0 Å². The van der Waals surface area contributed by atoms with E-state index in [2.05, 4.69) is 49.5 Å². The lowest BCUT2D eigenvalue weighted by molar-refractivity contribution is -0.137. The molecule has 4 aromatic rings. The minimum Gasteiger partial charge on any atom is -0.466 e. The van der Waals surface area contributed by atoms with Crippen molar-refractivity contribution in [1.82, 2.24) is 30.0 Å². The number of rotatable bonds is 17. The Morgan fingerprint density at radius 2 is 1.09 bits per heavy atom. The van der Waals surface area contributed by atoms with Crippen LogP contribution >= 0.6 is 45.9 Å². The normalized spacial score (nSPS) is 21.7. The van der Waals surface area contributed by atoms with Crippen molar-refractivity contribution in [3.63, 3.8) is 0 Å². The van der Waals surface area contributed by atoms with Crippen molar-refractivity contribution in [3.8, 4) is 0 Å². The summed E-state index contributed by atoms with van der Waals surface area (Å²) in [4.78, 5) is 55.1. The number of hydrogen-bond acceptors (Lipinski definition) is 20. The lowest BCUT2D eigenvalue weighted by Gasteiger charge is -2.35. The number of hydrogen-bond donors (Lipinski definition) is 5. The van der Waals surface area contributed by atoms with Crippen LogP contribution in [0.15, 0.2) is 79.9 Å². The van der Waals surface area contributed by atoms with E-state index in [1.54, 1.807) is 37.0 Å². The molecule has 2 aromatic heterocycles. The van der Waals surface area contributed by atoms with Crippen molar-refractivity contribution in [2.75, 3.05) is 34.6 Å². The summed E-state index contributed by atoms with van der Waals surface area (Å²) in [5.74, 6) is -6.30. The Hall–Kier alpha value is -5.59. The van der Waals surface area contributed by atoms with E-state index in [0.29, 0.717) is 71.6 Å². The van der Waals surface area contributed by atoms with Gasteiger partial charge in [-0.25, -0.2) is 63.5 Å². The molecular weight excluding hydrogens is 1180 g/mol. The van der Waals surface area contributed by atoms with Crippen LogP contribution in [0.4, 0.5) is 22.4 Å². The number of ether oxygens (including phenoxy) is 4. The first-order chi connectivity index (χ1) is 37.9. The molecule has 30 heteroatoms. The molecule has 0 saturated heterocycles. The summed E-state index contributed by atoms with van der Waals surface area (Å²) in [6, 6.07) is 2.10. The van der Waals surface area contributed by atoms with Crippen LogP contribution in [0.3, 0.4) is 0 Å². The zero-order valence-electron chi connectivity index (χ0n) is 43.5. The minimum absolute atomic E-state index is 0.0478. The van der Waals surface area contributed by atoms with Crippen molar-refractivity contribution in [2.45, 2.75) is 99.8 Å². The molecule has 434 valence electrons. The first-order valence-corrected chi connectivity index (χ1v) is 30.3. The Morgan fingerprint density at radius 1 is 0.675 bits per heavy atom. The molecule has 0 radical (unpaired) electrons. The van der Waals surface area contributed by atoms with Gasteiger partial charge in [0, 0.05) is 52.2 Å². The van der Waals surface area contributed by atoms with Gasteiger partial charge in [-0.1, -0.05) is 35.3 Å². The second-order valence-corrected chi connectivity index (χ2v) is 25.9. The molecule has 2 unspecified atom stereocenters. The highest BCUT2D eigenvalue weighted by molar-refractivity contribution is 7.90. The number of esters is 2. The van der Waals surface area contributed by atoms with E-state index in [1.807, 2.05) is 0 Å². The fourth-order valence-corrected chi connectivity index (χ4v) is 14.1. The van der Waals surface area contributed by atoms with Crippen LogP contribution in [-0.4, -0.2) is 112 Å². The number of thiazole rings is 2. The number of halogens is 6. The van der Waals surface area contributed by atoms with Crippen molar-refractivity contribution in [1.29, 1.82) is 0 Å². The summed E-state index contributed by atoms with van der Waals surface area (Å²) in [6.45, 7) is 2.77. The third-order valence-corrected chi connectivity index (χ3v) is 19.8. The van der Waals surface area contributed by atoms with Crippen molar-refractivity contribution in [3.05, 3.63) is 124 Å². The summed E-state index contributed by atoms with van der Waals surface area (Å²) in [5.41, 5.74) is 0.158. The molecule has 0 amide bonds. The number of aliphatic imine (C=N–C) groups is 2. The second kappa shape index (κ2) is 26.5. The molecule has 2 atom stereocenters. The molecule has 2 aromatic carbocycles. The van der Waals surface area contributed by atoms with Crippen LogP contribution in [0.1, 0.15) is 105 Å². The van der Waals surface area contributed by atoms with Crippen LogP contribution in [-0.2, 0) is 48.6 Å². The number of nitrogens with one attached hydrogen (secondary N) is 4. The number of nitrogens with zero attached hydrogens (tertiary/aromatic N) is 4. The summed E-state index contributed by atoms with van der Waals surface area (Å²) in [7, 11) is -3.96. The molecule has 2 aliphatic carbocycles. The third kappa shape index (κ3) is 14.5. The maximum absolute atomic E-state index is 14.5. The standard InChI is InChI=1S/C26H31ClF2N4O5S2.C24H25ClF2N4O7S2/c1-26(2,35)10-11-31-40(36,37)15-6-4-14(5-7-15)21-18(25(34)38-3)22(16-8-9-17(28)20(29)19(16)27)33-23(32-21)24-30-12-13-39-24;1-36-23(32)16-19(12-3-5-13(6-4-12)40(34,35)29-11-38-24(33)37-2)30-21(22-28-9-10-39-22)31-20(16)14-7-8-15(26)18(27)17(14)25/h8-9,12-15,22,31,35H,4-7,10-11H2,1-3H3,(H,32,33);7-10,12-13,20,29H,3-6,11H2,1-2H3,(H,30,31). The highest BCUT2D eigenvalue weighted by atomic mass is 35.5. The number of sulfonamides is 2. The molecular formula is C50H56Cl2F4N8O12S4. The first-order valence-electron chi connectivity index (χ1n) is 24.7. The number of aromatic nitrogens is 2. The molecule has 0 spiro atoms. The predicted molar refractivity (Wildman–Crippen MR) is 290 cm³/mol. The monoisotopic (exact) mass is 1230 g/mol. The Kier molecular flexibility index (Phi) is 20.6. The average molecular weight is 1240 g/mol. The van der Waals surface area contributed by atoms with E-state index in [0.717, 1.165) is 19.2 Å². The van der Waals surface area contributed by atoms with Gasteiger partial charge in [0.05, 0.1) is 58.6 Å². The van der Waals surface area contributed by atoms with E-state index < -0.39 is 106 Å². The van der Waals surface area contributed by atoms with E-state index in [4.69, 9.17) is 32.7 Å². The molecule has 8 rings (SSSR count). The molecule has 80 heavy (non-hydrogen) atoms. The lowest BCUT2D eigenvalue weighted by atomic mass is 9.82. The van der Waals surface area contributed by atoms with Crippen LogP contribution in [0.25, 0.3) is 0 Å². The lowest BCUT2D eigenvalue weighted by Crippen LogP contribution is -2.41. The smallest absolute Gasteiger partial charge is 0.466 e. The number of methoxy groups -OCH3 is 3. The largest absolute Gasteiger partial charge is 0.509 e. The first kappa shape index (κ1) is 62.0. The molecule has 2 saturated carbocycles. The Labute approximate surface area is 476 Å². The average Bonchev–Trinajstić information content (AvgIpc) is 4.28. The fourth-order valence-electron chi connectivity index (χ4n) is 9.58. The van der Waals surface area contributed by atoms with Gasteiger partial charge in [-0.3, -0.25) is 9.98 Å². The highest BCUT2D eigenvalue weighted by Crippen LogP contribution is 2.44. The number of amidine groups is 2. The SMILES string of the molecule is COC(=O)C1=C(C2CCC(S(=O)(=O)NCCC(C)(C)O)CC2)NC(c2nccs2)=NC1c1ccc(F)c(F)c1Cl.COC(=O)OCNS(=O)(=O)C1CCC(C2=C(C(=O)OC)C(c3ccc(F)c(F)c3Cl)N=C(c3nccs3)N2)CC1. The number of carbonyl (C=O) groups is 3. The fraction of sp³-hybridized carbons (Fsp3) is 0.460.